The highest BCUT2D eigenvalue weighted by Crippen LogP contribution is 2.39. The minimum Gasteiger partial charge on any atom is -0.489 e. The van der Waals surface area contributed by atoms with E-state index in [2.05, 4.69) is 20.5 Å². The Labute approximate surface area is 241 Å². The van der Waals surface area contributed by atoms with Crippen molar-refractivity contribution in [1.82, 2.24) is 20.5 Å². The van der Waals surface area contributed by atoms with Crippen LogP contribution in [-0.4, -0.2) is 38.0 Å². The molecular weight excluding hydrogens is 557 g/mol. The molecule has 0 radical (unpaired) electrons. The van der Waals surface area contributed by atoms with Crippen LogP contribution < -0.4 is 10.1 Å². The number of H-pyrrole nitrogens is 1. The fourth-order valence-corrected chi connectivity index (χ4v) is 5.28. The molecular formula is C30H32ClF3N4O3. The van der Waals surface area contributed by atoms with Crippen LogP contribution in [-0.2, 0) is 12.6 Å². The second-order valence-electron chi connectivity index (χ2n) is 11.3. The van der Waals surface area contributed by atoms with Crippen molar-refractivity contribution in [3.05, 3.63) is 76.7 Å². The fourth-order valence-electron chi connectivity index (χ4n) is 5.06. The molecule has 0 bridgehead atoms. The number of nitrogens with one attached hydrogen (secondary N) is 2. The van der Waals surface area contributed by atoms with Gasteiger partial charge in [0, 0.05) is 17.4 Å². The summed E-state index contributed by atoms with van der Waals surface area (Å²) in [5.41, 5.74) is 1.33. The Morgan fingerprint density at radius 3 is 2.41 bits per heavy atom. The molecule has 0 saturated carbocycles. The van der Waals surface area contributed by atoms with Crippen molar-refractivity contribution in [2.24, 2.45) is 5.41 Å². The normalized spacial score (nSPS) is 14.5. The van der Waals surface area contributed by atoms with Gasteiger partial charge in [-0.15, -0.1) is 0 Å². The zero-order chi connectivity index (χ0) is 30.2. The lowest BCUT2D eigenvalue weighted by molar-refractivity contribution is -0.137. The van der Waals surface area contributed by atoms with Gasteiger partial charge in [0.1, 0.15) is 10.9 Å². The zero-order valence-corrected chi connectivity index (χ0v) is 24.1. The van der Waals surface area contributed by atoms with Gasteiger partial charge in [-0.2, -0.15) is 18.3 Å². The number of carboxylic acid groups (broad SMARTS) is 1. The molecule has 4 rings (SSSR count). The van der Waals surface area contributed by atoms with Gasteiger partial charge >= 0.3 is 12.3 Å². The number of hydrogen-bond acceptors (Lipinski definition) is 4. The standard InChI is InChI=1S/C30H32ClF3N4O3/c1-17(41-22-13-24(26(31)35-16-22)20-8-11-25-23(12-20)18(2)37-38-25)14-29(28(3,4)5,36-27(39)40)15-19-6-9-21(10-7-19)30(32,33)34/h6-13,16-17,36H,14-15H2,1-5H3,(H,37,38)(H,39,40)/t17?,29-/m1/s1. The number of hydrogen-bond donors (Lipinski definition) is 3. The van der Waals surface area contributed by atoms with Crippen LogP contribution in [0.15, 0.2) is 54.7 Å². The molecule has 7 nitrogen and oxygen atoms in total. The monoisotopic (exact) mass is 588 g/mol. The molecule has 11 heteroatoms. The van der Waals surface area contributed by atoms with Crippen molar-refractivity contribution in [2.45, 2.75) is 65.3 Å². The molecule has 0 saturated heterocycles. The first-order valence-electron chi connectivity index (χ1n) is 13.0. The van der Waals surface area contributed by atoms with E-state index in [4.69, 9.17) is 16.3 Å². The van der Waals surface area contributed by atoms with Crippen molar-refractivity contribution in [1.29, 1.82) is 0 Å². The number of aromatic amines is 1. The number of alkyl halides is 3. The summed E-state index contributed by atoms with van der Waals surface area (Å²) in [4.78, 5) is 16.3. The predicted octanol–water partition coefficient (Wildman–Crippen LogP) is 8.06. The number of ether oxygens (including phenoxy) is 1. The van der Waals surface area contributed by atoms with Crippen molar-refractivity contribution in [3.8, 4) is 16.9 Å². The van der Waals surface area contributed by atoms with E-state index in [1.165, 1.54) is 18.3 Å². The Morgan fingerprint density at radius 2 is 1.80 bits per heavy atom. The smallest absolute Gasteiger partial charge is 0.416 e. The largest absolute Gasteiger partial charge is 0.489 e. The molecule has 3 N–H and O–H groups in total. The van der Waals surface area contributed by atoms with E-state index < -0.39 is 34.9 Å². The molecule has 0 aliphatic carbocycles. The van der Waals surface area contributed by atoms with E-state index in [9.17, 15) is 23.1 Å². The van der Waals surface area contributed by atoms with Crippen molar-refractivity contribution in [2.75, 3.05) is 0 Å². The maximum Gasteiger partial charge on any atom is 0.416 e. The van der Waals surface area contributed by atoms with Crippen LogP contribution in [0.3, 0.4) is 0 Å². The maximum atomic E-state index is 13.1. The van der Waals surface area contributed by atoms with Crippen LogP contribution in [0.4, 0.5) is 18.0 Å². The Balaban J connectivity index is 1.62. The first-order chi connectivity index (χ1) is 19.1. The van der Waals surface area contributed by atoms with Gasteiger partial charge in [-0.05, 0) is 67.1 Å². The molecule has 2 aromatic carbocycles. The number of aryl methyl sites for hydroxylation is 1. The average Bonchev–Trinajstić information content (AvgIpc) is 3.23. The second-order valence-corrected chi connectivity index (χ2v) is 11.7. The van der Waals surface area contributed by atoms with Gasteiger partial charge in [0.15, 0.2) is 0 Å². The Morgan fingerprint density at radius 1 is 1.12 bits per heavy atom. The summed E-state index contributed by atoms with van der Waals surface area (Å²) in [5.74, 6) is 0.438. The Kier molecular flexibility index (Phi) is 8.27. The third-order valence-electron chi connectivity index (χ3n) is 7.42. The Bertz CT molecular complexity index is 1550. The van der Waals surface area contributed by atoms with E-state index in [0.29, 0.717) is 22.0 Å². The van der Waals surface area contributed by atoms with Gasteiger partial charge in [-0.3, -0.25) is 5.10 Å². The number of aromatic nitrogens is 3. The number of fused-ring (bicyclic) bond motifs is 1. The number of halogens is 4. The highest BCUT2D eigenvalue weighted by atomic mass is 35.5. The van der Waals surface area contributed by atoms with Gasteiger partial charge in [0.25, 0.3) is 0 Å². The fraction of sp³-hybridized carbons (Fsp3) is 0.367. The molecule has 2 heterocycles. The van der Waals surface area contributed by atoms with E-state index in [-0.39, 0.29) is 12.8 Å². The van der Waals surface area contributed by atoms with Crippen LogP contribution in [0.5, 0.6) is 5.75 Å². The molecule has 2 atom stereocenters. The minimum absolute atomic E-state index is 0.156. The highest BCUT2D eigenvalue weighted by Gasteiger charge is 2.45. The molecule has 2 aromatic heterocycles. The van der Waals surface area contributed by atoms with E-state index >= 15 is 0 Å². The number of amides is 1. The molecule has 1 unspecified atom stereocenters. The lowest BCUT2D eigenvalue weighted by atomic mass is 9.67. The molecule has 0 spiro atoms. The minimum atomic E-state index is -4.46. The third kappa shape index (κ3) is 6.75. The Hall–Kier alpha value is -3.79. The first-order valence-corrected chi connectivity index (χ1v) is 13.4. The lowest BCUT2D eigenvalue weighted by Gasteiger charge is -2.46. The molecule has 4 aromatic rings. The summed E-state index contributed by atoms with van der Waals surface area (Å²) >= 11 is 6.45. The van der Waals surface area contributed by atoms with Crippen LogP contribution in [0.25, 0.3) is 22.0 Å². The van der Waals surface area contributed by atoms with Gasteiger partial charge in [0.05, 0.1) is 34.6 Å². The van der Waals surface area contributed by atoms with E-state index in [1.54, 1.807) is 6.07 Å². The van der Waals surface area contributed by atoms with Crippen LogP contribution in [0, 0.1) is 12.3 Å². The van der Waals surface area contributed by atoms with Gasteiger partial charge in [-0.25, -0.2) is 9.78 Å². The number of benzene rings is 2. The van der Waals surface area contributed by atoms with Crippen LogP contribution in [0.2, 0.25) is 5.15 Å². The zero-order valence-electron chi connectivity index (χ0n) is 23.4. The topological polar surface area (TPSA) is 100 Å². The van der Waals surface area contributed by atoms with Crippen LogP contribution in [0.1, 0.15) is 50.9 Å². The summed E-state index contributed by atoms with van der Waals surface area (Å²) in [5, 5.41) is 20.9. The number of pyridine rings is 1. The van der Waals surface area contributed by atoms with Crippen molar-refractivity contribution >= 4 is 28.6 Å². The molecule has 0 fully saturated rings. The molecule has 41 heavy (non-hydrogen) atoms. The summed E-state index contributed by atoms with van der Waals surface area (Å²) < 4.78 is 45.6. The SMILES string of the molecule is Cc1n[nH]c2ccc(-c3cc(OC(C)C[C@](Cc4ccc(C(F)(F)F)cc4)(NC(=O)O)C(C)(C)C)cnc3Cl)cc12. The first kappa shape index (κ1) is 30.2. The second kappa shape index (κ2) is 11.2. The van der Waals surface area contributed by atoms with Gasteiger partial charge in [-0.1, -0.05) is 50.6 Å². The number of rotatable bonds is 8. The van der Waals surface area contributed by atoms with E-state index in [0.717, 1.165) is 34.3 Å². The van der Waals surface area contributed by atoms with Gasteiger partial charge < -0.3 is 15.2 Å². The summed E-state index contributed by atoms with van der Waals surface area (Å²) in [6.07, 6.45) is -4.33. The summed E-state index contributed by atoms with van der Waals surface area (Å²) in [6, 6.07) is 12.3. The van der Waals surface area contributed by atoms with Gasteiger partial charge in [0.2, 0.25) is 0 Å². The summed E-state index contributed by atoms with van der Waals surface area (Å²) in [7, 11) is 0. The third-order valence-corrected chi connectivity index (χ3v) is 7.72. The maximum absolute atomic E-state index is 13.1. The predicted molar refractivity (Wildman–Crippen MR) is 152 cm³/mol. The molecule has 218 valence electrons. The molecule has 0 aliphatic rings. The van der Waals surface area contributed by atoms with Crippen LogP contribution >= 0.6 is 11.6 Å². The van der Waals surface area contributed by atoms with Crippen molar-refractivity contribution in [3.63, 3.8) is 0 Å². The lowest BCUT2D eigenvalue weighted by Crippen LogP contribution is -2.60. The quantitative estimate of drug-likeness (QED) is 0.181. The van der Waals surface area contributed by atoms with E-state index in [1.807, 2.05) is 52.8 Å². The summed E-state index contributed by atoms with van der Waals surface area (Å²) in [6.45, 7) is 9.37. The number of nitrogens with zero attached hydrogens (tertiary/aromatic N) is 2. The molecule has 0 aliphatic heterocycles. The average molecular weight is 589 g/mol. The number of carbonyl (C=O) groups is 1. The highest BCUT2D eigenvalue weighted by molar-refractivity contribution is 6.32. The molecule has 1 amide bonds. The van der Waals surface area contributed by atoms with Crippen molar-refractivity contribution < 1.29 is 27.8 Å².